The number of nitrogens with zero attached hydrogens (tertiary/aromatic N) is 2. The predicted octanol–water partition coefficient (Wildman–Crippen LogP) is 3.71. The minimum atomic E-state index is -4.75. The Hall–Kier alpha value is -2.22. The average Bonchev–Trinajstić information content (AvgIpc) is 2.84. The molecular weight excluding hydrogens is 335 g/mol. The average molecular weight is 348 g/mol. The third-order valence-corrected chi connectivity index (χ3v) is 3.06. The van der Waals surface area contributed by atoms with Crippen LogP contribution in [0.5, 0.6) is 5.75 Å². The highest BCUT2D eigenvalue weighted by Gasteiger charge is 2.31. The summed E-state index contributed by atoms with van der Waals surface area (Å²) in [6.07, 6.45) is -1.69. The fraction of sp³-hybridized carbons (Fsp3) is 0.286. The van der Waals surface area contributed by atoms with Crippen molar-refractivity contribution in [1.29, 1.82) is 0 Å². The van der Waals surface area contributed by atoms with Crippen molar-refractivity contribution in [2.24, 2.45) is 5.92 Å². The van der Waals surface area contributed by atoms with Gasteiger partial charge < -0.3 is 10.1 Å². The Morgan fingerprint density at radius 2 is 2.04 bits per heavy atom. The summed E-state index contributed by atoms with van der Waals surface area (Å²) in [6, 6.07) is 4.91. The van der Waals surface area contributed by atoms with Crippen LogP contribution in [0.1, 0.15) is 6.92 Å². The molecule has 124 valence electrons. The van der Waals surface area contributed by atoms with E-state index in [2.05, 4.69) is 15.2 Å². The van der Waals surface area contributed by atoms with E-state index in [1.54, 1.807) is 13.1 Å². The maximum atomic E-state index is 12.1. The molecule has 0 bridgehead atoms. The molecule has 0 aliphatic rings. The molecule has 2 aromatic rings. The number of amides is 1. The van der Waals surface area contributed by atoms with Gasteiger partial charge >= 0.3 is 6.36 Å². The first-order chi connectivity index (χ1) is 10.7. The van der Waals surface area contributed by atoms with Gasteiger partial charge in [-0.3, -0.25) is 9.48 Å². The minimum Gasteiger partial charge on any atom is -0.406 e. The Kier molecular flexibility index (Phi) is 5.15. The monoisotopic (exact) mass is 347 g/mol. The van der Waals surface area contributed by atoms with Crippen LogP contribution in [0.4, 0.5) is 18.9 Å². The van der Waals surface area contributed by atoms with E-state index in [4.69, 9.17) is 11.6 Å². The quantitative estimate of drug-likeness (QED) is 0.897. The summed E-state index contributed by atoms with van der Waals surface area (Å²) in [6.45, 7) is 2.03. The van der Waals surface area contributed by atoms with Crippen molar-refractivity contribution in [3.05, 3.63) is 41.7 Å². The van der Waals surface area contributed by atoms with Crippen molar-refractivity contribution in [2.45, 2.75) is 19.8 Å². The molecule has 1 atom stereocenters. The van der Waals surface area contributed by atoms with E-state index in [0.717, 1.165) is 12.1 Å². The Morgan fingerprint density at radius 3 is 2.57 bits per heavy atom. The van der Waals surface area contributed by atoms with Crippen LogP contribution in [0.25, 0.3) is 0 Å². The van der Waals surface area contributed by atoms with Crippen molar-refractivity contribution < 1.29 is 22.7 Å². The highest BCUT2D eigenvalue weighted by atomic mass is 35.5. The van der Waals surface area contributed by atoms with Gasteiger partial charge in [-0.2, -0.15) is 5.10 Å². The number of alkyl halides is 3. The summed E-state index contributed by atoms with van der Waals surface area (Å²) in [5, 5.41) is 7.05. The number of anilines is 1. The number of nitrogens with one attached hydrogen (secondary N) is 1. The van der Waals surface area contributed by atoms with E-state index in [9.17, 15) is 18.0 Å². The van der Waals surface area contributed by atoms with E-state index >= 15 is 0 Å². The van der Waals surface area contributed by atoms with Crippen molar-refractivity contribution in [2.75, 3.05) is 5.32 Å². The number of rotatable bonds is 5. The zero-order valence-corrected chi connectivity index (χ0v) is 12.7. The summed E-state index contributed by atoms with van der Waals surface area (Å²) in [4.78, 5) is 12.0. The van der Waals surface area contributed by atoms with Crippen LogP contribution < -0.4 is 10.1 Å². The predicted molar refractivity (Wildman–Crippen MR) is 78.2 cm³/mol. The molecule has 1 heterocycles. The zero-order valence-electron chi connectivity index (χ0n) is 12.0. The van der Waals surface area contributed by atoms with Crippen molar-refractivity contribution >= 4 is 23.2 Å². The van der Waals surface area contributed by atoms with Crippen molar-refractivity contribution in [3.8, 4) is 5.75 Å². The Morgan fingerprint density at radius 1 is 1.39 bits per heavy atom. The molecule has 0 spiro atoms. The van der Waals surface area contributed by atoms with Crippen molar-refractivity contribution in [1.82, 2.24) is 9.78 Å². The van der Waals surface area contributed by atoms with E-state index in [-0.39, 0.29) is 11.7 Å². The Bertz CT molecular complexity index is 671. The normalized spacial score (nSPS) is 12.7. The Labute approximate surface area is 135 Å². The lowest BCUT2D eigenvalue weighted by Gasteiger charge is -2.13. The van der Waals surface area contributed by atoms with Gasteiger partial charge in [0.15, 0.2) is 0 Å². The summed E-state index contributed by atoms with van der Waals surface area (Å²) < 4.78 is 41.5. The summed E-state index contributed by atoms with van der Waals surface area (Å²) in [7, 11) is 0. The molecule has 9 heteroatoms. The number of carbonyl (C=O) groups excluding carboxylic acids is 1. The van der Waals surface area contributed by atoms with Gasteiger partial charge in [-0.1, -0.05) is 18.5 Å². The first-order valence-electron chi connectivity index (χ1n) is 6.57. The first-order valence-corrected chi connectivity index (χ1v) is 6.95. The lowest BCUT2D eigenvalue weighted by molar-refractivity contribution is -0.274. The molecule has 0 saturated carbocycles. The van der Waals surface area contributed by atoms with Gasteiger partial charge in [0.2, 0.25) is 5.91 Å². The van der Waals surface area contributed by atoms with E-state index in [1.165, 1.54) is 23.0 Å². The molecule has 2 rings (SSSR count). The number of carbonyl (C=O) groups is 1. The molecule has 0 saturated heterocycles. The van der Waals surface area contributed by atoms with Crippen LogP contribution >= 0.6 is 11.6 Å². The fourth-order valence-corrected chi connectivity index (χ4v) is 1.96. The largest absolute Gasteiger partial charge is 0.573 e. The number of benzene rings is 1. The van der Waals surface area contributed by atoms with Gasteiger partial charge in [-0.25, -0.2) is 0 Å². The first kappa shape index (κ1) is 17.1. The SMILES string of the molecule is CC(Cn1cc(Cl)cn1)C(=O)Nc1ccc(OC(F)(F)F)cc1. The topological polar surface area (TPSA) is 56.2 Å². The van der Waals surface area contributed by atoms with Crippen LogP contribution in [0, 0.1) is 5.92 Å². The molecular formula is C14H13ClF3N3O2. The van der Waals surface area contributed by atoms with Crippen molar-refractivity contribution in [3.63, 3.8) is 0 Å². The molecule has 1 unspecified atom stereocenters. The van der Waals surface area contributed by atoms with Gasteiger partial charge in [0.05, 0.1) is 23.7 Å². The van der Waals surface area contributed by atoms with E-state index in [0.29, 0.717) is 17.3 Å². The molecule has 0 aliphatic carbocycles. The van der Waals surface area contributed by atoms with Crippen LogP contribution in [0.2, 0.25) is 5.02 Å². The highest BCUT2D eigenvalue weighted by molar-refractivity contribution is 6.30. The number of hydrogen-bond acceptors (Lipinski definition) is 3. The second-order valence-electron chi connectivity index (χ2n) is 4.84. The molecule has 0 fully saturated rings. The second kappa shape index (κ2) is 6.91. The summed E-state index contributed by atoms with van der Waals surface area (Å²) >= 11 is 5.74. The summed E-state index contributed by atoms with van der Waals surface area (Å²) in [5.41, 5.74) is 0.370. The van der Waals surface area contributed by atoms with Gasteiger partial charge in [0, 0.05) is 11.9 Å². The van der Waals surface area contributed by atoms with E-state index in [1.807, 2.05) is 0 Å². The maximum absolute atomic E-state index is 12.1. The molecule has 23 heavy (non-hydrogen) atoms. The lowest BCUT2D eigenvalue weighted by Crippen LogP contribution is -2.24. The number of halogens is 4. The standard InChI is InChI=1S/C14H13ClF3N3O2/c1-9(7-21-8-10(15)6-19-21)13(22)20-11-2-4-12(5-3-11)23-14(16,17)18/h2-6,8-9H,7H2,1H3,(H,20,22). The summed E-state index contributed by atoms with van der Waals surface area (Å²) in [5.74, 6) is -1.05. The zero-order chi connectivity index (χ0) is 17.0. The van der Waals surface area contributed by atoms with Crippen LogP contribution in [-0.2, 0) is 11.3 Å². The molecule has 1 amide bonds. The van der Waals surface area contributed by atoms with Gasteiger partial charge in [-0.05, 0) is 24.3 Å². The van der Waals surface area contributed by atoms with Gasteiger partial charge in [-0.15, -0.1) is 13.2 Å². The van der Waals surface area contributed by atoms with Gasteiger partial charge in [0.1, 0.15) is 5.75 Å². The molecule has 0 radical (unpaired) electrons. The molecule has 1 N–H and O–H groups in total. The lowest BCUT2D eigenvalue weighted by atomic mass is 10.1. The fourth-order valence-electron chi connectivity index (χ4n) is 1.81. The number of aromatic nitrogens is 2. The van der Waals surface area contributed by atoms with Crippen LogP contribution in [0.15, 0.2) is 36.7 Å². The van der Waals surface area contributed by atoms with Gasteiger partial charge in [0.25, 0.3) is 0 Å². The maximum Gasteiger partial charge on any atom is 0.573 e. The number of ether oxygens (including phenoxy) is 1. The van der Waals surface area contributed by atoms with Crippen LogP contribution in [0.3, 0.4) is 0 Å². The molecule has 1 aromatic carbocycles. The third-order valence-electron chi connectivity index (χ3n) is 2.87. The smallest absolute Gasteiger partial charge is 0.406 e. The Balaban J connectivity index is 1.91. The highest BCUT2D eigenvalue weighted by Crippen LogP contribution is 2.24. The van der Waals surface area contributed by atoms with E-state index < -0.39 is 12.3 Å². The molecule has 0 aliphatic heterocycles. The molecule has 1 aromatic heterocycles. The number of hydrogen-bond donors (Lipinski definition) is 1. The van der Waals surface area contributed by atoms with Crippen LogP contribution in [-0.4, -0.2) is 22.1 Å². The third kappa shape index (κ3) is 5.48. The molecule has 5 nitrogen and oxygen atoms in total. The second-order valence-corrected chi connectivity index (χ2v) is 5.28. The minimum absolute atomic E-state index is 0.291.